The summed E-state index contributed by atoms with van der Waals surface area (Å²) < 4.78 is 7.43. The standard InChI is InChI=1S/C29H25N3O4/c33-29(30-18-24-12-7-15-36-24)17-25(22-10-5-2-6-11-22)27-20-31(19-21-8-3-1-4-9-21)28-14-13-23(32(34)35)16-26(27)28/h1-16,20,25H,17-19H2,(H,30,33)/t25-/m1/s1. The van der Waals surface area contributed by atoms with E-state index in [0.29, 0.717) is 18.8 Å². The second-order valence-electron chi connectivity index (χ2n) is 8.68. The van der Waals surface area contributed by atoms with Crippen LogP contribution in [0.25, 0.3) is 10.9 Å². The van der Waals surface area contributed by atoms with Crippen molar-refractivity contribution in [2.75, 3.05) is 0 Å². The van der Waals surface area contributed by atoms with Gasteiger partial charge in [-0.1, -0.05) is 60.7 Å². The zero-order chi connectivity index (χ0) is 24.9. The molecule has 0 saturated carbocycles. The van der Waals surface area contributed by atoms with Crippen molar-refractivity contribution in [1.82, 2.24) is 9.88 Å². The van der Waals surface area contributed by atoms with E-state index in [0.717, 1.165) is 27.6 Å². The Bertz CT molecular complexity index is 1480. The molecule has 0 fully saturated rings. The molecule has 0 aliphatic carbocycles. The van der Waals surface area contributed by atoms with E-state index in [2.05, 4.69) is 9.88 Å². The first-order chi connectivity index (χ1) is 17.6. The van der Waals surface area contributed by atoms with E-state index in [4.69, 9.17) is 4.42 Å². The lowest BCUT2D eigenvalue weighted by Crippen LogP contribution is -2.24. The average molecular weight is 480 g/mol. The highest BCUT2D eigenvalue weighted by Crippen LogP contribution is 2.36. The minimum atomic E-state index is -0.384. The van der Waals surface area contributed by atoms with Crippen LogP contribution in [-0.4, -0.2) is 15.4 Å². The van der Waals surface area contributed by atoms with Crippen LogP contribution >= 0.6 is 0 Å². The van der Waals surface area contributed by atoms with Crippen LogP contribution < -0.4 is 5.32 Å². The van der Waals surface area contributed by atoms with Gasteiger partial charge >= 0.3 is 0 Å². The molecule has 0 bridgehead atoms. The van der Waals surface area contributed by atoms with Crippen molar-refractivity contribution in [3.63, 3.8) is 0 Å². The Morgan fingerprint density at radius 1 is 0.972 bits per heavy atom. The van der Waals surface area contributed by atoms with Crippen LogP contribution in [0.15, 0.2) is 108 Å². The number of nitro benzene ring substituents is 1. The molecule has 5 rings (SSSR count). The van der Waals surface area contributed by atoms with Gasteiger partial charge in [0, 0.05) is 48.1 Å². The number of carbonyl (C=O) groups excluding carboxylic acids is 1. The third-order valence-electron chi connectivity index (χ3n) is 6.31. The molecule has 1 atom stereocenters. The molecule has 7 nitrogen and oxygen atoms in total. The molecule has 2 aromatic heterocycles. The molecule has 36 heavy (non-hydrogen) atoms. The number of nitrogens with zero attached hydrogens (tertiary/aromatic N) is 2. The Labute approximate surface area is 208 Å². The van der Waals surface area contributed by atoms with Gasteiger partial charge in [-0.05, 0) is 34.9 Å². The molecule has 5 aromatic rings. The lowest BCUT2D eigenvalue weighted by molar-refractivity contribution is -0.384. The van der Waals surface area contributed by atoms with E-state index in [1.165, 1.54) is 6.07 Å². The number of carbonyl (C=O) groups is 1. The summed E-state index contributed by atoms with van der Waals surface area (Å²) in [6, 6.07) is 28.4. The molecule has 2 heterocycles. The van der Waals surface area contributed by atoms with Crippen molar-refractivity contribution in [2.24, 2.45) is 0 Å². The predicted octanol–water partition coefficient (Wildman–Crippen LogP) is 6.03. The molecule has 0 aliphatic rings. The van der Waals surface area contributed by atoms with Crippen molar-refractivity contribution in [2.45, 2.75) is 25.4 Å². The van der Waals surface area contributed by atoms with Gasteiger partial charge in [0.15, 0.2) is 0 Å². The molecular formula is C29H25N3O4. The topological polar surface area (TPSA) is 90.3 Å². The smallest absolute Gasteiger partial charge is 0.270 e. The number of aromatic nitrogens is 1. The second kappa shape index (κ2) is 10.3. The van der Waals surface area contributed by atoms with Gasteiger partial charge < -0.3 is 14.3 Å². The summed E-state index contributed by atoms with van der Waals surface area (Å²) in [6.07, 6.45) is 3.79. The minimum absolute atomic E-state index is 0.0234. The fourth-order valence-corrected chi connectivity index (χ4v) is 4.56. The van der Waals surface area contributed by atoms with E-state index in [1.807, 2.05) is 72.9 Å². The van der Waals surface area contributed by atoms with E-state index in [1.54, 1.807) is 24.5 Å². The number of rotatable bonds is 9. The number of nitro groups is 1. The Kier molecular flexibility index (Phi) is 6.62. The van der Waals surface area contributed by atoms with Gasteiger partial charge in [-0.2, -0.15) is 0 Å². The molecule has 0 spiro atoms. The maximum atomic E-state index is 13.0. The van der Waals surface area contributed by atoms with Crippen LogP contribution in [0.1, 0.15) is 34.8 Å². The Balaban J connectivity index is 1.56. The van der Waals surface area contributed by atoms with Gasteiger partial charge in [-0.3, -0.25) is 14.9 Å². The largest absolute Gasteiger partial charge is 0.467 e. The van der Waals surface area contributed by atoms with Crippen molar-refractivity contribution in [3.8, 4) is 0 Å². The van der Waals surface area contributed by atoms with Crippen LogP contribution in [0, 0.1) is 10.1 Å². The summed E-state index contributed by atoms with van der Waals surface area (Å²) in [5.74, 6) is 0.258. The molecule has 180 valence electrons. The first kappa shape index (κ1) is 23.1. The molecule has 0 aliphatic heterocycles. The van der Waals surface area contributed by atoms with Crippen LogP contribution in [0.2, 0.25) is 0 Å². The fraction of sp³-hybridized carbons (Fsp3) is 0.138. The van der Waals surface area contributed by atoms with Gasteiger partial charge in [-0.25, -0.2) is 0 Å². The SMILES string of the molecule is O=C(C[C@H](c1ccccc1)c1cn(Cc2ccccc2)c2ccc([N+](=O)[O-])cc12)NCc1ccco1. The third kappa shape index (κ3) is 5.05. The van der Waals surface area contributed by atoms with Gasteiger partial charge in [0.05, 0.1) is 17.7 Å². The van der Waals surface area contributed by atoms with Gasteiger partial charge in [0.1, 0.15) is 5.76 Å². The third-order valence-corrected chi connectivity index (χ3v) is 6.31. The highest BCUT2D eigenvalue weighted by molar-refractivity contribution is 5.88. The monoisotopic (exact) mass is 479 g/mol. The Morgan fingerprint density at radius 2 is 1.72 bits per heavy atom. The summed E-state index contributed by atoms with van der Waals surface area (Å²) in [5.41, 5.74) is 3.87. The van der Waals surface area contributed by atoms with Crippen molar-refractivity contribution < 1.29 is 14.1 Å². The number of nitrogens with one attached hydrogen (secondary N) is 1. The van der Waals surface area contributed by atoms with Crippen LogP contribution in [0.4, 0.5) is 5.69 Å². The molecule has 0 unspecified atom stereocenters. The van der Waals surface area contributed by atoms with Gasteiger partial charge in [-0.15, -0.1) is 0 Å². The van der Waals surface area contributed by atoms with E-state index < -0.39 is 0 Å². The number of hydrogen-bond donors (Lipinski definition) is 1. The molecule has 7 heteroatoms. The molecule has 1 N–H and O–H groups in total. The lowest BCUT2D eigenvalue weighted by Gasteiger charge is -2.17. The highest BCUT2D eigenvalue weighted by Gasteiger charge is 2.24. The summed E-state index contributed by atoms with van der Waals surface area (Å²) >= 11 is 0. The van der Waals surface area contributed by atoms with Gasteiger partial charge in [0.2, 0.25) is 5.91 Å². The van der Waals surface area contributed by atoms with Crippen molar-refractivity contribution in [3.05, 3.63) is 136 Å². The number of hydrogen-bond acceptors (Lipinski definition) is 4. The first-order valence-electron chi connectivity index (χ1n) is 11.7. The summed E-state index contributed by atoms with van der Waals surface area (Å²) in [4.78, 5) is 24.2. The van der Waals surface area contributed by atoms with Gasteiger partial charge in [0.25, 0.3) is 5.69 Å². The maximum absolute atomic E-state index is 13.0. The number of non-ortho nitro benzene ring substituents is 1. The zero-order valence-corrected chi connectivity index (χ0v) is 19.5. The quantitative estimate of drug-likeness (QED) is 0.206. The van der Waals surface area contributed by atoms with E-state index in [-0.39, 0.29) is 28.9 Å². The predicted molar refractivity (Wildman–Crippen MR) is 138 cm³/mol. The van der Waals surface area contributed by atoms with Crippen LogP contribution in [0.5, 0.6) is 0 Å². The number of amides is 1. The highest BCUT2D eigenvalue weighted by atomic mass is 16.6. The molecule has 3 aromatic carbocycles. The summed E-state index contributed by atoms with van der Waals surface area (Å²) in [7, 11) is 0. The normalized spacial score (nSPS) is 11.9. The van der Waals surface area contributed by atoms with E-state index >= 15 is 0 Å². The summed E-state index contributed by atoms with van der Waals surface area (Å²) in [5, 5.41) is 15.3. The zero-order valence-electron chi connectivity index (χ0n) is 19.5. The lowest BCUT2D eigenvalue weighted by atomic mass is 9.88. The molecule has 1 amide bonds. The number of benzene rings is 3. The first-order valence-corrected chi connectivity index (χ1v) is 11.7. The molecule has 0 radical (unpaired) electrons. The summed E-state index contributed by atoms with van der Waals surface area (Å²) in [6.45, 7) is 0.913. The molecule has 0 saturated heterocycles. The van der Waals surface area contributed by atoms with Crippen molar-refractivity contribution in [1.29, 1.82) is 0 Å². The number of fused-ring (bicyclic) bond motifs is 1. The fourth-order valence-electron chi connectivity index (χ4n) is 4.56. The average Bonchev–Trinajstić information content (AvgIpc) is 3.55. The van der Waals surface area contributed by atoms with Crippen LogP contribution in [0.3, 0.4) is 0 Å². The number of furan rings is 1. The molecular weight excluding hydrogens is 454 g/mol. The minimum Gasteiger partial charge on any atom is -0.467 e. The maximum Gasteiger partial charge on any atom is 0.270 e. The Morgan fingerprint density at radius 3 is 2.42 bits per heavy atom. The Hall–Kier alpha value is -4.65. The van der Waals surface area contributed by atoms with E-state index in [9.17, 15) is 14.9 Å². The van der Waals surface area contributed by atoms with Crippen LogP contribution in [-0.2, 0) is 17.9 Å². The second-order valence-corrected chi connectivity index (χ2v) is 8.68. The van der Waals surface area contributed by atoms with Crippen molar-refractivity contribution >= 4 is 22.5 Å².